The van der Waals surface area contributed by atoms with Crippen LogP contribution >= 0.6 is 0 Å². The summed E-state index contributed by atoms with van der Waals surface area (Å²) < 4.78 is 11.6. The number of likely N-dealkylation sites (tertiary alicyclic amines) is 1. The van der Waals surface area contributed by atoms with Crippen LogP contribution in [0.4, 0.5) is 0 Å². The summed E-state index contributed by atoms with van der Waals surface area (Å²) in [7, 11) is 0. The molecule has 0 bridgehead atoms. The maximum Gasteiger partial charge on any atom is 0.233 e. The third kappa shape index (κ3) is 5.41. The van der Waals surface area contributed by atoms with Gasteiger partial charge in [-0.05, 0) is 69.4 Å². The van der Waals surface area contributed by atoms with Crippen LogP contribution in [0.1, 0.15) is 44.6 Å². The maximum atomic E-state index is 13.7. The summed E-state index contributed by atoms with van der Waals surface area (Å²) in [5, 5.41) is 0. The summed E-state index contributed by atoms with van der Waals surface area (Å²) in [4.78, 5) is 20.7. The Hall–Kier alpha value is -1.63. The van der Waals surface area contributed by atoms with E-state index >= 15 is 0 Å². The molecular weight excluding hydrogens is 390 g/mol. The van der Waals surface area contributed by atoms with E-state index in [1.165, 1.54) is 25.9 Å². The van der Waals surface area contributed by atoms with Crippen molar-refractivity contribution in [3.05, 3.63) is 29.8 Å². The van der Waals surface area contributed by atoms with Crippen molar-refractivity contribution in [3.8, 4) is 5.75 Å². The number of benzene rings is 1. The molecule has 0 aliphatic carbocycles. The molecule has 1 aromatic carbocycles. The molecule has 3 aliphatic rings. The summed E-state index contributed by atoms with van der Waals surface area (Å²) in [6.07, 6.45) is 5.25. The van der Waals surface area contributed by atoms with Gasteiger partial charge in [0.25, 0.3) is 0 Å². The van der Waals surface area contributed by atoms with Crippen LogP contribution < -0.4 is 4.74 Å². The average Bonchev–Trinajstić information content (AvgIpc) is 3.36. The van der Waals surface area contributed by atoms with Gasteiger partial charge in [0, 0.05) is 45.9 Å². The zero-order valence-corrected chi connectivity index (χ0v) is 19.2. The molecule has 0 radical (unpaired) electrons. The molecule has 1 amide bonds. The van der Waals surface area contributed by atoms with Crippen molar-refractivity contribution in [2.24, 2.45) is 0 Å². The molecule has 0 spiro atoms. The Morgan fingerprint density at radius 1 is 0.968 bits per heavy atom. The molecule has 1 aromatic rings. The summed E-state index contributed by atoms with van der Waals surface area (Å²) in [6, 6.07) is 8.32. The number of hydrogen-bond acceptors (Lipinski definition) is 5. The number of hydrogen-bond donors (Lipinski definition) is 0. The molecule has 3 fully saturated rings. The van der Waals surface area contributed by atoms with Crippen LogP contribution in [-0.4, -0.2) is 92.8 Å². The molecule has 0 unspecified atom stereocenters. The van der Waals surface area contributed by atoms with Gasteiger partial charge in [0.15, 0.2) is 0 Å². The number of carbonyl (C=O) groups excluding carboxylic acids is 1. The van der Waals surface area contributed by atoms with Gasteiger partial charge in [-0.15, -0.1) is 0 Å². The smallest absolute Gasteiger partial charge is 0.233 e. The van der Waals surface area contributed by atoms with Gasteiger partial charge in [-0.2, -0.15) is 0 Å². The van der Waals surface area contributed by atoms with Crippen LogP contribution in [0.15, 0.2) is 24.3 Å². The van der Waals surface area contributed by atoms with Crippen LogP contribution in [-0.2, 0) is 14.9 Å². The van der Waals surface area contributed by atoms with Crippen LogP contribution in [0.5, 0.6) is 5.75 Å². The van der Waals surface area contributed by atoms with Gasteiger partial charge in [-0.1, -0.05) is 19.1 Å². The monoisotopic (exact) mass is 429 g/mol. The molecule has 0 aromatic heterocycles. The summed E-state index contributed by atoms with van der Waals surface area (Å²) >= 11 is 0. The van der Waals surface area contributed by atoms with E-state index in [1.54, 1.807) is 0 Å². The number of piperazine rings is 1. The van der Waals surface area contributed by atoms with Crippen LogP contribution in [0, 0.1) is 0 Å². The quantitative estimate of drug-likeness (QED) is 0.595. The highest BCUT2D eigenvalue weighted by Gasteiger charge is 2.44. The van der Waals surface area contributed by atoms with E-state index in [0.717, 1.165) is 76.5 Å². The molecule has 172 valence electrons. The molecule has 6 nitrogen and oxygen atoms in total. The minimum absolute atomic E-state index is 0.283. The Balaban J connectivity index is 1.37. The van der Waals surface area contributed by atoms with Gasteiger partial charge in [-0.3, -0.25) is 4.79 Å². The third-order valence-corrected chi connectivity index (χ3v) is 7.36. The Morgan fingerprint density at radius 2 is 1.65 bits per heavy atom. The predicted octanol–water partition coefficient (Wildman–Crippen LogP) is 2.76. The lowest BCUT2D eigenvalue weighted by Crippen LogP contribution is -2.55. The van der Waals surface area contributed by atoms with E-state index in [2.05, 4.69) is 33.8 Å². The minimum Gasteiger partial charge on any atom is -0.494 e. The Kier molecular flexibility index (Phi) is 7.86. The van der Waals surface area contributed by atoms with Crippen molar-refractivity contribution in [1.29, 1.82) is 0 Å². The second-order valence-corrected chi connectivity index (χ2v) is 9.20. The molecule has 0 atom stereocenters. The van der Waals surface area contributed by atoms with Gasteiger partial charge in [0.05, 0.1) is 12.0 Å². The summed E-state index contributed by atoms with van der Waals surface area (Å²) in [5.41, 5.74) is 0.657. The maximum absolute atomic E-state index is 13.7. The molecule has 3 heterocycles. The number of rotatable bonds is 8. The SMILES string of the molecule is CCN1CCN(C(=O)C2(c3ccc(OCCCN4CCCC4)cc3)CCOCC2)CC1. The first-order chi connectivity index (χ1) is 15.2. The van der Waals surface area contributed by atoms with Gasteiger partial charge in [-0.25, -0.2) is 0 Å². The molecule has 3 aliphatic heterocycles. The lowest BCUT2D eigenvalue weighted by Gasteiger charge is -2.43. The van der Waals surface area contributed by atoms with E-state index in [-0.39, 0.29) is 5.91 Å². The molecule has 3 saturated heterocycles. The first-order valence-electron chi connectivity index (χ1n) is 12.3. The second-order valence-electron chi connectivity index (χ2n) is 9.20. The van der Waals surface area contributed by atoms with E-state index in [1.807, 2.05) is 12.1 Å². The Bertz CT molecular complexity index is 688. The van der Waals surface area contributed by atoms with E-state index in [9.17, 15) is 4.79 Å². The molecular formula is C25H39N3O3. The van der Waals surface area contributed by atoms with Gasteiger partial charge in [0.2, 0.25) is 5.91 Å². The minimum atomic E-state index is -0.457. The fourth-order valence-electron chi connectivity index (χ4n) is 5.27. The summed E-state index contributed by atoms with van der Waals surface area (Å²) in [5.74, 6) is 1.18. The third-order valence-electron chi connectivity index (χ3n) is 7.36. The van der Waals surface area contributed by atoms with Gasteiger partial charge in [0.1, 0.15) is 5.75 Å². The largest absolute Gasteiger partial charge is 0.494 e. The van der Waals surface area contributed by atoms with Crippen LogP contribution in [0.2, 0.25) is 0 Å². The molecule has 6 heteroatoms. The lowest BCUT2D eigenvalue weighted by molar-refractivity contribution is -0.143. The lowest BCUT2D eigenvalue weighted by atomic mass is 9.73. The zero-order valence-electron chi connectivity index (χ0n) is 19.2. The first kappa shape index (κ1) is 22.6. The second kappa shape index (κ2) is 10.8. The Labute approximate surface area is 187 Å². The standard InChI is InChI=1S/C25H39N3O3/c1-2-26-15-17-28(18-16-26)24(29)25(10-20-30-21-11-25)22-6-8-23(9-7-22)31-19-5-14-27-12-3-4-13-27/h6-9H,2-5,10-21H2,1H3. The number of carbonyl (C=O) groups is 1. The highest BCUT2D eigenvalue weighted by atomic mass is 16.5. The number of likely N-dealkylation sites (N-methyl/N-ethyl adjacent to an activating group) is 1. The molecule has 0 N–H and O–H groups in total. The average molecular weight is 430 g/mol. The predicted molar refractivity (Wildman–Crippen MR) is 123 cm³/mol. The van der Waals surface area contributed by atoms with E-state index in [4.69, 9.17) is 9.47 Å². The number of amides is 1. The van der Waals surface area contributed by atoms with Crippen LogP contribution in [0.3, 0.4) is 0 Å². The highest BCUT2D eigenvalue weighted by molar-refractivity contribution is 5.88. The normalized spacial score (nSPS) is 22.5. The first-order valence-corrected chi connectivity index (χ1v) is 12.3. The van der Waals surface area contributed by atoms with Crippen LogP contribution in [0.25, 0.3) is 0 Å². The van der Waals surface area contributed by atoms with Crippen molar-refractivity contribution in [2.45, 2.75) is 44.4 Å². The van der Waals surface area contributed by atoms with Crippen molar-refractivity contribution in [2.75, 3.05) is 72.2 Å². The number of nitrogens with zero attached hydrogens (tertiary/aromatic N) is 3. The highest BCUT2D eigenvalue weighted by Crippen LogP contribution is 2.38. The van der Waals surface area contributed by atoms with Crippen molar-refractivity contribution in [3.63, 3.8) is 0 Å². The molecule has 0 saturated carbocycles. The van der Waals surface area contributed by atoms with Gasteiger partial charge >= 0.3 is 0 Å². The number of ether oxygens (including phenoxy) is 2. The van der Waals surface area contributed by atoms with Crippen molar-refractivity contribution < 1.29 is 14.3 Å². The van der Waals surface area contributed by atoms with E-state index in [0.29, 0.717) is 13.2 Å². The topological polar surface area (TPSA) is 45.2 Å². The molecule has 4 rings (SSSR count). The van der Waals surface area contributed by atoms with Crippen molar-refractivity contribution in [1.82, 2.24) is 14.7 Å². The van der Waals surface area contributed by atoms with E-state index < -0.39 is 5.41 Å². The zero-order chi connectivity index (χ0) is 21.5. The Morgan fingerprint density at radius 3 is 2.29 bits per heavy atom. The fraction of sp³-hybridized carbons (Fsp3) is 0.720. The fourth-order valence-corrected chi connectivity index (χ4v) is 5.27. The molecule has 31 heavy (non-hydrogen) atoms. The van der Waals surface area contributed by atoms with Gasteiger partial charge < -0.3 is 24.2 Å². The summed E-state index contributed by atoms with van der Waals surface area (Å²) in [6.45, 7) is 12.5. The van der Waals surface area contributed by atoms with Crippen molar-refractivity contribution >= 4 is 5.91 Å².